The van der Waals surface area contributed by atoms with E-state index in [0.29, 0.717) is 15.8 Å². The van der Waals surface area contributed by atoms with Crippen molar-refractivity contribution in [3.63, 3.8) is 0 Å². The van der Waals surface area contributed by atoms with Crippen molar-refractivity contribution in [3.05, 3.63) is 22.7 Å². The monoisotopic (exact) mass is 308 g/mol. The largest absolute Gasteiger partial charge is 0.405 e. The molecule has 2 nitrogen and oxygen atoms in total. The second-order valence-corrected chi connectivity index (χ2v) is 5.04. The van der Waals surface area contributed by atoms with Crippen LogP contribution in [-0.4, -0.2) is 18.8 Å². The van der Waals surface area contributed by atoms with Gasteiger partial charge in [0.2, 0.25) is 0 Å². The van der Waals surface area contributed by atoms with E-state index >= 15 is 0 Å². The van der Waals surface area contributed by atoms with E-state index in [1.165, 1.54) is 4.90 Å². The summed E-state index contributed by atoms with van der Waals surface area (Å²) < 4.78 is 38.1. The summed E-state index contributed by atoms with van der Waals surface area (Å²) in [6.45, 7) is -0.916. The van der Waals surface area contributed by atoms with Gasteiger partial charge in [-0.3, -0.25) is 0 Å². The lowest BCUT2D eigenvalue weighted by Gasteiger charge is -2.27. The topological polar surface area (TPSA) is 29.3 Å². The van der Waals surface area contributed by atoms with Crippen LogP contribution in [0.15, 0.2) is 22.7 Å². The number of nitrogens with zero attached hydrogens (tertiary/aromatic N) is 1. The van der Waals surface area contributed by atoms with Gasteiger partial charge in [0.25, 0.3) is 0 Å². The minimum Gasteiger partial charge on any atom is -0.399 e. The second kappa shape index (κ2) is 4.40. The van der Waals surface area contributed by atoms with Crippen LogP contribution in [0.25, 0.3) is 0 Å². The van der Waals surface area contributed by atoms with Gasteiger partial charge in [-0.2, -0.15) is 13.2 Å². The lowest BCUT2D eigenvalue weighted by Crippen LogP contribution is -2.36. The number of hydrogen-bond donors (Lipinski definition) is 1. The molecular weight excluding hydrogens is 297 g/mol. The molecular formula is C11H12BrF3N2. The smallest absolute Gasteiger partial charge is 0.399 e. The van der Waals surface area contributed by atoms with E-state index in [2.05, 4.69) is 15.9 Å². The number of nitrogens with two attached hydrogens (primary N) is 1. The van der Waals surface area contributed by atoms with E-state index in [9.17, 15) is 13.2 Å². The SMILES string of the molecule is Nc1ccc(N(CC(F)(F)F)C2CC2)c(Br)c1. The Balaban J connectivity index is 2.26. The number of benzene rings is 1. The second-order valence-electron chi connectivity index (χ2n) is 4.19. The average Bonchev–Trinajstić information content (AvgIpc) is 2.96. The fourth-order valence-corrected chi connectivity index (χ4v) is 2.37. The van der Waals surface area contributed by atoms with Gasteiger partial charge in [0.05, 0.1) is 5.69 Å². The Morgan fingerprint density at radius 1 is 1.35 bits per heavy atom. The summed E-state index contributed by atoms with van der Waals surface area (Å²) in [7, 11) is 0. The fraction of sp³-hybridized carbons (Fsp3) is 0.455. The molecule has 6 heteroatoms. The molecule has 94 valence electrons. The normalized spacial score (nSPS) is 16.0. The Hall–Kier alpha value is -0.910. The molecule has 0 amide bonds. The van der Waals surface area contributed by atoms with Gasteiger partial charge in [0.1, 0.15) is 6.54 Å². The lowest BCUT2D eigenvalue weighted by atomic mass is 10.2. The molecule has 0 heterocycles. The Kier molecular flexibility index (Phi) is 3.25. The highest BCUT2D eigenvalue weighted by Gasteiger charge is 2.38. The number of rotatable bonds is 3. The zero-order valence-corrected chi connectivity index (χ0v) is 10.6. The molecule has 1 aliphatic rings. The van der Waals surface area contributed by atoms with Crippen molar-refractivity contribution >= 4 is 27.3 Å². The lowest BCUT2D eigenvalue weighted by molar-refractivity contribution is -0.120. The highest BCUT2D eigenvalue weighted by molar-refractivity contribution is 9.10. The summed E-state index contributed by atoms with van der Waals surface area (Å²) in [5.74, 6) is 0. The van der Waals surface area contributed by atoms with E-state index in [0.717, 1.165) is 12.8 Å². The summed E-state index contributed by atoms with van der Waals surface area (Å²) >= 11 is 3.26. The quantitative estimate of drug-likeness (QED) is 0.865. The standard InChI is InChI=1S/C11H12BrF3N2/c12-9-5-7(16)1-4-10(9)17(8-2-3-8)6-11(13,14)15/h1,4-5,8H,2-3,6,16H2. The predicted octanol–water partition coefficient (Wildman–Crippen LogP) is 3.56. The van der Waals surface area contributed by atoms with E-state index < -0.39 is 12.7 Å². The molecule has 1 aliphatic carbocycles. The van der Waals surface area contributed by atoms with Gasteiger partial charge in [-0.15, -0.1) is 0 Å². The first kappa shape index (κ1) is 12.5. The van der Waals surface area contributed by atoms with E-state index in [-0.39, 0.29) is 6.04 Å². The number of halogens is 4. The number of hydrogen-bond acceptors (Lipinski definition) is 2. The van der Waals surface area contributed by atoms with Crippen LogP contribution in [0.1, 0.15) is 12.8 Å². The first-order valence-electron chi connectivity index (χ1n) is 5.25. The summed E-state index contributed by atoms with van der Waals surface area (Å²) in [6.07, 6.45) is -2.57. The third kappa shape index (κ3) is 3.28. The number of anilines is 2. The van der Waals surface area contributed by atoms with Crippen molar-refractivity contribution in [3.8, 4) is 0 Å². The number of nitrogen functional groups attached to an aromatic ring is 1. The van der Waals surface area contributed by atoms with Crippen LogP contribution in [0.2, 0.25) is 0 Å². The maximum atomic E-state index is 12.5. The Bertz CT molecular complexity index is 416. The van der Waals surface area contributed by atoms with E-state index in [1.54, 1.807) is 18.2 Å². The zero-order valence-electron chi connectivity index (χ0n) is 8.97. The summed E-state index contributed by atoms with van der Waals surface area (Å²) in [5.41, 5.74) is 6.66. The zero-order chi connectivity index (χ0) is 12.6. The van der Waals surface area contributed by atoms with Crippen LogP contribution in [-0.2, 0) is 0 Å². The Morgan fingerprint density at radius 2 is 2.00 bits per heavy atom. The van der Waals surface area contributed by atoms with E-state index in [4.69, 9.17) is 5.73 Å². The molecule has 2 N–H and O–H groups in total. The van der Waals surface area contributed by atoms with Crippen LogP contribution < -0.4 is 10.6 Å². The van der Waals surface area contributed by atoms with Crippen molar-refractivity contribution < 1.29 is 13.2 Å². The molecule has 0 spiro atoms. The minimum atomic E-state index is -4.19. The molecule has 0 radical (unpaired) electrons. The van der Waals surface area contributed by atoms with Crippen molar-refractivity contribution in [1.82, 2.24) is 0 Å². The average molecular weight is 309 g/mol. The van der Waals surface area contributed by atoms with Crippen molar-refractivity contribution in [2.45, 2.75) is 25.1 Å². The van der Waals surface area contributed by atoms with Crippen LogP contribution in [0, 0.1) is 0 Å². The molecule has 1 fully saturated rings. The van der Waals surface area contributed by atoms with Crippen molar-refractivity contribution in [2.75, 3.05) is 17.2 Å². The van der Waals surface area contributed by atoms with Gasteiger partial charge in [0.15, 0.2) is 0 Å². The van der Waals surface area contributed by atoms with Gasteiger partial charge in [0, 0.05) is 16.2 Å². The van der Waals surface area contributed by atoms with Crippen LogP contribution in [0.4, 0.5) is 24.5 Å². The highest BCUT2D eigenvalue weighted by atomic mass is 79.9. The molecule has 1 saturated carbocycles. The van der Waals surface area contributed by atoms with Crippen LogP contribution in [0.3, 0.4) is 0 Å². The van der Waals surface area contributed by atoms with Gasteiger partial charge < -0.3 is 10.6 Å². The first-order chi connectivity index (χ1) is 7.87. The van der Waals surface area contributed by atoms with Crippen LogP contribution >= 0.6 is 15.9 Å². The number of alkyl halides is 3. The Morgan fingerprint density at radius 3 is 2.47 bits per heavy atom. The molecule has 0 saturated heterocycles. The summed E-state index contributed by atoms with van der Waals surface area (Å²) in [4.78, 5) is 1.39. The van der Waals surface area contributed by atoms with E-state index in [1.807, 2.05) is 0 Å². The molecule has 17 heavy (non-hydrogen) atoms. The molecule has 1 aromatic carbocycles. The molecule has 0 aromatic heterocycles. The fourth-order valence-electron chi connectivity index (χ4n) is 1.75. The van der Waals surface area contributed by atoms with Crippen molar-refractivity contribution in [1.29, 1.82) is 0 Å². The first-order valence-corrected chi connectivity index (χ1v) is 6.04. The van der Waals surface area contributed by atoms with Gasteiger partial charge in [-0.25, -0.2) is 0 Å². The highest BCUT2D eigenvalue weighted by Crippen LogP contribution is 2.38. The Labute approximate surface area is 106 Å². The molecule has 0 unspecified atom stereocenters. The van der Waals surface area contributed by atoms with Crippen LogP contribution in [0.5, 0.6) is 0 Å². The maximum Gasteiger partial charge on any atom is 0.405 e. The molecule has 0 atom stereocenters. The third-order valence-corrected chi connectivity index (χ3v) is 3.25. The van der Waals surface area contributed by atoms with Crippen molar-refractivity contribution in [2.24, 2.45) is 0 Å². The maximum absolute atomic E-state index is 12.5. The van der Waals surface area contributed by atoms with Gasteiger partial charge >= 0.3 is 6.18 Å². The molecule has 0 aliphatic heterocycles. The minimum absolute atomic E-state index is 0.00319. The molecule has 1 aromatic rings. The van der Waals surface area contributed by atoms with Gasteiger partial charge in [-0.05, 0) is 47.0 Å². The summed E-state index contributed by atoms with van der Waals surface area (Å²) in [6, 6.07) is 4.87. The summed E-state index contributed by atoms with van der Waals surface area (Å²) in [5, 5.41) is 0. The third-order valence-electron chi connectivity index (χ3n) is 2.62. The molecule has 0 bridgehead atoms. The molecule has 2 rings (SSSR count). The van der Waals surface area contributed by atoms with Gasteiger partial charge in [-0.1, -0.05) is 0 Å². The predicted molar refractivity (Wildman–Crippen MR) is 65.0 cm³/mol.